The van der Waals surface area contributed by atoms with Crippen molar-refractivity contribution in [1.82, 2.24) is 0 Å². The third kappa shape index (κ3) is 2.72. The summed E-state index contributed by atoms with van der Waals surface area (Å²) in [5.74, 6) is 2.03. The fraction of sp³-hybridized carbons (Fsp3) is 0.333. The zero-order chi connectivity index (χ0) is 20.2. The van der Waals surface area contributed by atoms with Crippen molar-refractivity contribution in [2.75, 3.05) is 28.8 Å². The van der Waals surface area contributed by atoms with Crippen LogP contribution in [0, 0.1) is 0 Å². The highest BCUT2D eigenvalue weighted by molar-refractivity contribution is 5.86. The average Bonchev–Trinajstić information content (AvgIpc) is 3.18. The molecule has 2 aromatic carbocycles. The van der Waals surface area contributed by atoms with Crippen LogP contribution in [-0.4, -0.2) is 14.1 Å². The Morgan fingerprint density at radius 3 is 2.57 bits per heavy atom. The van der Waals surface area contributed by atoms with Gasteiger partial charge in [-0.25, -0.2) is 0 Å². The molecule has 0 unspecified atom stereocenters. The van der Waals surface area contributed by atoms with Crippen molar-refractivity contribution in [2.45, 2.75) is 44.4 Å². The first-order valence-electron chi connectivity index (χ1n) is 11.3. The number of rotatable bonds is 2. The summed E-state index contributed by atoms with van der Waals surface area (Å²) in [5.41, 5.74) is 9.39. The molecule has 1 fully saturated rings. The number of benzene rings is 2. The SMILES string of the molecule is CN(C)c1ccc2c(c1)C=CC1=CN3C(=CCc4cc(C5CCCCC5)ccc43)N12. The van der Waals surface area contributed by atoms with Gasteiger partial charge in [-0.1, -0.05) is 37.5 Å². The minimum Gasteiger partial charge on any atom is -0.378 e. The molecule has 1 saturated carbocycles. The summed E-state index contributed by atoms with van der Waals surface area (Å²) < 4.78 is 0. The molecule has 2 aromatic rings. The number of fused-ring (bicyclic) bond motifs is 7. The van der Waals surface area contributed by atoms with Crippen LogP contribution < -0.4 is 14.7 Å². The van der Waals surface area contributed by atoms with E-state index in [9.17, 15) is 0 Å². The molecule has 0 aromatic heterocycles. The van der Waals surface area contributed by atoms with Crippen molar-refractivity contribution in [3.05, 3.63) is 83.0 Å². The Morgan fingerprint density at radius 2 is 1.73 bits per heavy atom. The second kappa shape index (κ2) is 6.80. The summed E-state index contributed by atoms with van der Waals surface area (Å²) in [5, 5.41) is 0. The first-order chi connectivity index (χ1) is 14.7. The molecule has 0 N–H and O–H groups in total. The highest BCUT2D eigenvalue weighted by atomic mass is 15.4. The summed E-state index contributed by atoms with van der Waals surface area (Å²) in [6, 6.07) is 14.0. The molecular weight excluding hydrogens is 366 g/mol. The summed E-state index contributed by atoms with van der Waals surface area (Å²) >= 11 is 0. The molecule has 4 aliphatic rings. The van der Waals surface area contributed by atoms with Crippen LogP contribution in [0.3, 0.4) is 0 Å². The Hall–Kier alpha value is -2.94. The standard InChI is InChI=1S/C27H29N3/c1-28(2)23-12-14-26-22(17-23)8-11-24-18-29-25-13-9-20(19-6-4-3-5-7-19)16-21(25)10-15-27(29)30(24)26/h8-9,11-19H,3-7,10H2,1-2H3. The van der Waals surface area contributed by atoms with Crippen LogP contribution in [0.2, 0.25) is 0 Å². The van der Waals surface area contributed by atoms with Crippen molar-refractivity contribution in [2.24, 2.45) is 0 Å². The maximum atomic E-state index is 2.49. The fourth-order valence-corrected chi connectivity index (χ4v) is 5.49. The van der Waals surface area contributed by atoms with Crippen molar-refractivity contribution in [3.8, 4) is 0 Å². The quantitative estimate of drug-likeness (QED) is 0.583. The van der Waals surface area contributed by atoms with Crippen molar-refractivity contribution < 1.29 is 0 Å². The van der Waals surface area contributed by atoms with Crippen LogP contribution in [0.1, 0.15) is 54.7 Å². The molecule has 3 heterocycles. The van der Waals surface area contributed by atoms with Crippen LogP contribution in [-0.2, 0) is 6.42 Å². The van der Waals surface area contributed by atoms with Crippen LogP contribution in [0.5, 0.6) is 0 Å². The maximum Gasteiger partial charge on any atom is 0.118 e. The second-order valence-electron chi connectivity index (χ2n) is 9.22. The highest BCUT2D eigenvalue weighted by Gasteiger charge is 2.34. The molecule has 0 amide bonds. The van der Waals surface area contributed by atoms with Crippen LogP contribution in [0.4, 0.5) is 17.1 Å². The van der Waals surface area contributed by atoms with E-state index in [1.807, 2.05) is 0 Å². The lowest BCUT2D eigenvalue weighted by molar-refractivity contribution is 0.443. The van der Waals surface area contributed by atoms with Gasteiger partial charge in [0.2, 0.25) is 0 Å². The molecule has 30 heavy (non-hydrogen) atoms. The Balaban J connectivity index is 1.35. The lowest BCUT2D eigenvalue weighted by Crippen LogP contribution is -2.28. The number of hydrogen-bond donors (Lipinski definition) is 0. The van der Waals surface area contributed by atoms with Gasteiger partial charge in [0, 0.05) is 31.5 Å². The molecule has 3 aliphatic heterocycles. The molecule has 3 heteroatoms. The van der Waals surface area contributed by atoms with Gasteiger partial charge in [-0.2, -0.15) is 0 Å². The molecular formula is C27H29N3. The predicted molar refractivity (Wildman–Crippen MR) is 127 cm³/mol. The van der Waals surface area contributed by atoms with Gasteiger partial charge in [0.1, 0.15) is 5.82 Å². The Bertz CT molecular complexity index is 1100. The van der Waals surface area contributed by atoms with Gasteiger partial charge in [0.15, 0.2) is 0 Å². The molecule has 3 nitrogen and oxygen atoms in total. The lowest BCUT2D eigenvalue weighted by atomic mass is 9.83. The Morgan fingerprint density at radius 1 is 0.900 bits per heavy atom. The molecule has 0 saturated heterocycles. The van der Waals surface area contributed by atoms with E-state index in [1.54, 1.807) is 5.56 Å². The monoisotopic (exact) mass is 395 g/mol. The van der Waals surface area contributed by atoms with Gasteiger partial charge in [-0.3, -0.25) is 4.90 Å². The van der Waals surface area contributed by atoms with E-state index in [1.165, 1.54) is 71.8 Å². The van der Waals surface area contributed by atoms with Gasteiger partial charge in [-0.05, 0) is 72.7 Å². The summed E-state index contributed by atoms with van der Waals surface area (Å²) in [6.07, 6.45) is 17.1. The molecule has 0 spiro atoms. The van der Waals surface area contributed by atoms with Crippen molar-refractivity contribution in [1.29, 1.82) is 0 Å². The predicted octanol–water partition coefficient (Wildman–Crippen LogP) is 6.39. The molecule has 1 aliphatic carbocycles. The lowest BCUT2D eigenvalue weighted by Gasteiger charge is -2.33. The summed E-state index contributed by atoms with van der Waals surface area (Å²) in [4.78, 5) is 6.96. The van der Waals surface area contributed by atoms with E-state index < -0.39 is 0 Å². The Kier molecular flexibility index (Phi) is 4.05. The first kappa shape index (κ1) is 17.9. The van der Waals surface area contributed by atoms with Crippen LogP contribution in [0.25, 0.3) is 6.08 Å². The van der Waals surface area contributed by atoms with E-state index in [0.29, 0.717) is 0 Å². The number of nitrogens with zero attached hydrogens (tertiary/aromatic N) is 3. The third-order valence-corrected chi connectivity index (χ3v) is 7.14. The van der Waals surface area contributed by atoms with Gasteiger partial charge in [0.25, 0.3) is 0 Å². The molecule has 6 rings (SSSR count). The summed E-state index contributed by atoms with van der Waals surface area (Å²) in [7, 11) is 4.19. The van der Waals surface area contributed by atoms with Crippen LogP contribution >= 0.6 is 0 Å². The van der Waals surface area contributed by atoms with Gasteiger partial charge >= 0.3 is 0 Å². The maximum absolute atomic E-state index is 2.49. The normalized spacial score (nSPS) is 19.5. The average molecular weight is 396 g/mol. The third-order valence-electron chi connectivity index (χ3n) is 7.14. The minimum absolute atomic E-state index is 0.762. The van der Waals surface area contributed by atoms with E-state index in [4.69, 9.17) is 0 Å². The fourth-order valence-electron chi connectivity index (χ4n) is 5.49. The zero-order valence-electron chi connectivity index (χ0n) is 17.9. The number of hydrogen-bond acceptors (Lipinski definition) is 3. The molecule has 152 valence electrons. The topological polar surface area (TPSA) is 9.72 Å². The van der Waals surface area contributed by atoms with E-state index in [-0.39, 0.29) is 0 Å². The smallest absolute Gasteiger partial charge is 0.118 e. The van der Waals surface area contributed by atoms with Gasteiger partial charge < -0.3 is 9.80 Å². The number of allylic oxidation sites excluding steroid dienone is 2. The van der Waals surface area contributed by atoms with E-state index in [0.717, 1.165) is 12.3 Å². The first-order valence-corrected chi connectivity index (χ1v) is 11.3. The van der Waals surface area contributed by atoms with Gasteiger partial charge in [0.05, 0.1) is 17.1 Å². The second-order valence-corrected chi connectivity index (χ2v) is 9.22. The van der Waals surface area contributed by atoms with E-state index in [2.05, 4.69) is 89.6 Å². The van der Waals surface area contributed by atoms with Crippen LogP contribution in [0.15, 0.2) is 66.3 Å². The summed E-state index contributed by atoms with van der Waals surface area (Å²) in [6.45, 7) is 0. The van der Waals surface area contributed by atoms with Crippen molar-refractivity contribution in [3.63, 3.8) is 0 Å². The van der Waals surface area contributed by atoms with E-state index >= 15 is 0 Å². The highest BCUT2D eigenvalue weighted by Crippen LogP contribution is 2.45. The Labute approximate surface area is 179 Å². The largest absolute Gasteiger partial charge is 0.378 e. The minimum atomic E-state index is 0.762. The van der Waals surface area contributed by atoms with Crippen molar-refractivity contribution >= 4 is 23.1 Å². The molecule has 0 radical (unpaired) electrons. The van der Waals surface area contributed by atoms with Gasteiger partial charge in [-0.15, -0.1) is 0 Å². The number of anilines is 3. The molecule has 0 atom stereocenters. The molecule has 0 bridgehead atoms. The zero-order valence-corrected chi connectivity index (χ0v) is 17.9.